The number of halogens is 1. The zero-order valence-electron chi connectivity index (χ0n) is 13.7. The van der Waals surface area contributed by atoms with Gasteiger partial charge in [-0.05, 0) is 34.7 Å². The Kier molecular flexibility index (Phi) is 4.22. The smallest absolute Gasteiger partial charge is 0.256 e. The summed E-state index contributed by atoms with van der Waals surface area (Å²) in [4.78, 5) is 25.1. The van der Waals surface area contributed by atoms with Crippen molar-refractivity contribution in [2.45, 2.75) is 0 Å². The molecule has 1 aliphatic heterocycles. The van der Waals surface area contributed by atoms with Crippen LogP contribution in [-0.4, -0.2) is 67.2 Å². The highest BCUT2D eigenvalue weighted by molar-refractivity contribution is 5.98. The number of rotatable bonds is 3. The van der Waals surface area contributed by atoms with Crippen LogP contribution in [0.3, 0.4) is 0 Å². The third-order valence-corrected chi connectivity index (χ3v) is 4.19. The van der Waals surface area contributed by atoms with E-state index in [9.17, 15) is 9.18 Å². The summed E-state index contributed by atoms with van der Waals surface area (Å²) in [5, 5.41) is 10.9. The van der Waals surface area contributed by atoms with E-state index in [1.165, 1.54) is 29.2 Å². The minimum atomic E-state index is -0.485. The fraction of sp³-hybridized carbons (Fsp3) is 0.250. The Balaban J connectivity index is 1.53. The summed E-state index contributed by atoms with van der Waals surface area (Å²) < 4.78 is 15.1. The predicted molar refractivity (Wildman–Crippen MR) is 89.3 cm³/mol. The molecule has 10 heteroatoms. The lowest BCUT2D eigenvalue weighted by atomic mass is 10.1. The zero-order valence-corrected chi connectivity index (χ0v) is 13.7. The molecule has 9 nitrogen and oxygen atoms in total. The average Bonchev–Trinajstić information content (AvgIpc) is 3.23. The van der Waals surface area contributed by atoms with Crippen LogP contribution in [0, 0.1) is 5.82 Å². The number of nitrogens with zero attached hydrogens (tertiary/aromatic N) is 8. The molecule has 0 unspecified atom stereocenters. The van der Waals surface area contributed by atoms with Crippen LogP contribution in [0.4, 0.5) is 10.3 Å². The van der Waals surface area contributed by atoms with Crippen molar-refractivity contribution in [2.75, 3.05) is 31.1 Å². The fourth-order valence-electron chi connectivity index (χ4n) is 2.89. The van der Waals surface area contributed by atoms with E-state index in [0.29, 0.717) is 37.8 Å². The number of hydrogen-bond acceptors (Lipinski definition) is 7. The Hall–Kier alpha value is -3.43. The Labute approximate surface area is 148 Å². The van der Waals surface area contributed by atoms with Crippen molar-refractivity contribution in [1.82, 2.24) is 35.1 Å². The minimum Gasteiger partial charge on any atom is -0.337 e. The van der Waals surface area contributed by atoms with Gasteiger partial charge in [0, 0.05) is 38.6 Å². The van der Waals surface area contributed by atoms with E-state index in [0.717, 1.165) is 0 Å². The third-order valence-electron chi connectivity index (χ3n) is 4.19. The van der Waals surface area contributed by atoms with Crippen molar-refractivity contribution in [3.05, 3.63) is 54.4 Å². The molecule has 0 bridgehead atoms. The summed E-state index contributed by atoms with van der Waals surface area (Å²) in [5.41, 5.74) is 0.664. The van der Waals surface area contributed by atoms with Crippen LogP contribution in [0.25, 0.3) is 5.69 Å². The van der Waals surface area contributed by atoms with Gasteiger partial charge in [-0.1, -0.05) is 0 Å². The average molecular weight is 354 g/mol. The first-order chi connectivity index (χ1) is 12.7. The van der Waals surface area contributed by atoms with Crippen molar-refractivity contribution in [3.63, 3.8) is 0 Å². The van der Waals surface area contributed by atoms with Crippen LogP contribution >= 0.6 is 0 Å². The van der Waals surface area contributed by atoms with Gasteiger partial charge in [-0.15, -0.1) is 5.10 Å². The SMILES string of the molecule is O=C(c1cc(F)ccc1-n1cnnn1)N1CCN(c2ncccn2)CC1. The molecule has 2 aromatic heterocycles. The number of carbonyl (C=O) groups excluding carboxylic acids is 1. The van der Waals surface area contributed by atoms with Gasteiger partial charge in [0.05, 0.1) is 11.3 Å². The molecule has 0 N–H and O–H groups in total. The molecule has 132 valence electrons. The van der Waals surface area contributed by atoms with Gasteiger partial charge in [0.2, 0.25) is 5.95 Å². The lowest BCUT2D eigenvalue weighted by Crippen LogP contribution is -2.49. The number of aromatic nitrogens is 6. The Bertz CT molecular complexity index is 894. The molecular weight excluding hydrogens is 339 g/mol. The highest BCUT2D eigenvalue weighted by atomic mass is 19.1. The first-order valence-corrected chi connectivity index (χ1v) is 8.06. The molecule has 0 radical (unpaired) electrons. The first kappa shape index (κ1) is 16.1. The number of anilines is 1. The quantitative estimate of drug-likeness (QED) is 0.678. The molecule has 1 aliphatic rings. The second kappa shape index (κ2) is 6.82. The van der Waals surface area contributed by atoms with E-state index in [2.05, 4.69) is 25.5 Å². The summed E-state index contributed by atoms with van der Waals surface area (Å²) >= 11 is 0. The number of carbonyl (C=O) groups is 1. The predicted octanol–water partition coefficient (Wildman–Crippen LogP) is 0.554. The summed E-state index contributed by atoms with van der Waals surface area (Å²) in [6, 6.07) is 5.74. The van der Waals surface area contributed by atoms with Gasteiger partial charge >= 0.3 is 0 Å². The standard InChI is InChI=1S/C16H15FN8O/c17-12-2-3-14(25-11-20-21-22-25)13(10-12)15(26)23-6-8-24(9-7-23)16-18-4-1-5-19-16/h1-5,10-11H,6-9H2. The summed E-state index contributed by atoms with van der Waals surface area (Å²) in [7, 11) is 0. The van der Waals surface area contributed by atoms with Crippen molar-refractivity contribution in [3.8, 4) is 5.69 Å². The number of hydrogen-bond donors (Lipinski definition) is 0. The molecule has 1 aromatic carbocycles. The van der Waals surface area contributed by atoms with Gasteiger partial charge in [0.1, 0.15) is 12.1 Å². The largest absolute Gasteiger partial charge is 0.337 e. The number of tetrazole rings is 1. The van der Waals surface area contributed by atoms with E-state index in [-0.39, 0.29) is 11.5 Å². The van der Waals surface area contributed by atoms with Crippen LogP contribution in [0.5, 0.6) is 0 Å². The summed E-state index contributed by atoms with van der Waals surface area (Å²) in [5.74, 6) is -0.107. The normalized spacial score (nSPS) is 14.5. The second-order valence-corrected chi connectivity index (χ2v) is 5.74. The molecular formula is C16H15FN8O. The molecule has 3 aromatic rings. The number of benzene rings is 1. The second-order valence-electron chi connectivity index (χ2n) is 5.74. The maximum Gasteiger partial charge on any atom is 0.256 e. The number of piperazine rings is 1. The molecule has 0 aliphatic carbocycles. The van der Waals surface area contributed by atoms with Gasteiger partial charge in [0.15, 0.2) is 0 Å². The molecule has 4 rings (SSSR count). The zero-order chi connectivity index (χ0) is 17.9. The Morgan fingerprint density at radius 2 is 1.85 bits per heavy atom. The lowest BCUT2D eigenvalue weighted by Gasteiger charge is -2.34. The summed E-state index contributed by atoms with van der Waals surface area (Å²) in [6.45, 7) is 2.18. The molecule has 1 fully saturated rings. The van der Waals surface area contributed by atoms with E-state index < -0.39 is 5.82 Å². The van der Waals surface area contributed by atoms with Crippen LogP contribution in [0.2, 0.25) is 0 Å². The van der Waals surface area contributed by atoms with Crippen LogP contribution in [-0.2, 0) is 0 Å². The molecule has 3 heterocycles. The monoisotopic (exact) mass is 354 g/mol. The topological polar surface area (TPSA) is 92.9 Å². The molecule has 26 heavy (non-hydrogen) atoms. The van der Waals surface area contributed by atoms with E-state index >= 15 is 0 Å². The molecule has 0 saturated carbocycles. The Morgan fingerprint density at radius 3 is 2.54 bits per heavy atom. The van der Waals surface area contributed by atoms with Gasteiger partial charge in [-0.25, -0.2) is 14.4 Å². The van der Waals surface area contributed by atoms with Crippen LogP contribution in [0.1, 0.15) is 10.4 Å². The van der Waals surface area contributed by atoms with Crippen molar-refractivity contribution in [1.29, 1.82) is 0 Å². The Morgan fingerprint density at radius 1 is 1.08 bits per heavy atom. The van der Waals surface area contributed by atoms with Crippen molar-refractivity contribution < 1.29 is 9.18 Å². The molecule has 1 amide bonds. The first-order valence-electron chi connectivity index (χ1n) is 8.06. The van der Waals surface area contributed by atoms with Gasteiger partial charge in [0.25, 0.3) is 5.91 Å². The highest BCUT2D eigenvalue weighted by Crippen LogP contribution is 2.19. The maximum atomic E-state index is 13.7. The lowest BCUT2D eigenvalue weighted by molar-refractivity contribution is 0.0745. The fourth-order valence-corrected chi connectivity index (χ4v) is 2.89. The minimum absolute atomic E-state index is 0.224. The maximum absolute atomic E-state index is 13.7. The van der Waals surface area contributed by atoms with Crippen LogP contribution in [0.15, 0.2) is 43.0 Å². The van der Waals surface area contributed by atoms with Crippen molar-refractivity contribution >= 4 is 11.9 Å². The van der Waals surface area contributed by atoms with Gasteiger partial charge in [-0.2, -0.15) is 4.68 Å². The molecule has 0 atom stereocenters. The highest BCUT2D eigenvalue weighted by Gasteiger charge is 2.26. The molecule has 1 saturated heterocycles. The number of amides is 1. The van der Waals surface area contributed by atoms with Gasteiger partial charge in [-0.3, -0.25) is 4.79 Å². The van der Waals surface area contributed by atoms with E-state index in [1.54, 1.807) is 23.4 Å². The van der Waals surface area contributed by atoms with Crippen molar-refractivity contribution in [2.24, 2.45) is 0 Å². The van der Waals surface area contributed by atoms with E-state index in [4.69, 9.17) is 0 Å². The van der Waals surface area contributed by atoms with Gasteiger partial charge < -0.3 is 9.80 Å². The van der Waals surface area contributed by atoms with Crippen LogP contribution < -0.4 is 4.90 Å². The van der Waals surface area contributed by atoms with E-state index in [1.807, 2.05) is 4.90 Å². The third kappa shape index (κ3) is 3.08. The molecule has 0 spiro atoms. The summed E-state index contributed by atoms with van der Waals surface area (Å²) in [6.07, 6.45) is 4.74.